The summed E-state index contributed by atoms with van der Waals surface area (Å²) in [4.78, 5) is 11.0. The van der Waals surface area contributed by atoms with E-state index in [4.69, 9.17) is 10.00 Å². The molecule has 0 aliphatic carbocycles. The number of rotatable bonds is 2. The Hall–Kier alpha value is -1.41. The summed E-state index contributed by atoms with van der Waals surface area (Å²) in [5.41, 5.74) is 3.07. The van der Waals surface area contributed by atoms with Gasteiger partial charge in [-0.3, -0.25) is 4.79 Å². The van der Waals surface area contributed by atoms with Gasteiger partial charge >= 0.3 is 0 Å². The summed E-state index contributed by atoms with van der Waals surface area (Å²) in [6.45, 7) is 4.59. The lowest BCUT2D eigenvalue weighted by Gasteiger charge is -2.30. The van der Waals surface area contributed by atoms with E-state index in [0.717, 1.165) is 12.1 Å². The molecular weight excluding hydrogens is 194 g/mol. The van der Waals surface area contributed by atoms with E-state index in [0.29, 0.717) is 13.0 Å². The first-order valence-corrected chi connectivity index (χ1v) is 4.89. The van der Waals surface area contributed by atoms with Gasteiger partial charge in [0, 0.05) is 18.6 Å². The van der Waals surface area contributed by atoms with E-state index in [-0.39, 0.29) is 17.9 Å². The second-order valence-electron chi connectivity index (χ2n) is 4.08. The average Bonchev–Trinajstić information content (AvgIpc) is 2.14. The minimum atomic E-state index is -0.366. The highest BCUT2D eigenvalue weighted by Crippen LogP contribution is 2.21. The Labute approximate surface area is 89.1 Å². The fourth-order valence-electron chi connectivity index (χ4n) is 1.42. The van der Waals surface area contributed by atoms with Crippen LogP contribution in [0.4, 0.5) is 0 Å². The molecule has 0 unspecified atom stereocenters. The SMILES string of the molecule is CC1(C)C/C(=N\NC(=O)CC#N)CCO1. The van der Waals surface area contributed by atoms with Gasteiger partial charge in [0.1, 0.15) is 6.42 Å². The molecule has 1 N–H and O–H groups in total. The van der Waals surface area contributed by atoms with Crippen molar-refractivity contribution in [2.45, 2.75) is 38.7 Å². The van der Waals surface area contributed by atoms with Gasteiger partial charge in [-0.15, -0.1) is 0 Å². The fourth-order valence-corrected chi connectivity index (χ4v) is 1.42. The summed E-state index contributed by atoms with van der Waals surface area (Å²) in [7, 11) is 0. The predicted octanol–water partition coefficient (Wildman–Crippen LogP) is 0.961. The molecule has 0 spiro atoms. The highest BCUT2D eigenvalue weighted by atomic mass is 16.5. The lowest BCUT2D eigenvalue weighted by Crippen LogP contribution is -2.35. The molecule has 0 bridgehead atoms. The second-order valence-corrected chi connectivity index (χ2v) is 4.08. The van der Waals surface area contributed by atoms with Crippen LogP contribution in [-0.4, -0.2) is 23.8 Å². The molecule has 1 saturated heterocycles. The molecule has 1 aliphatic heterocycles. The smallest absolute Gasteiger partial charge is 0.254 e. The van der Waals surface area contributed by atoms with Crippen LogP contribution in [0.5, 0.6) is 0 Å². The van der Waals surface area contributed by atoms with Crippen LogP contribution in [0.15, 0.2) is 5.10 Å². The first-order valence-electron chi connectivity index (χ1n) is 4.89. The van der Waals surface area contributed by atoms with Crippen molar-refractivity contribution in [1.82, 2.24) is 5.43 Å². The van der Waals surface area contributed by atoms with Gasteiger partial charge in [-0.05, 0) is 13.8 Å². The van der Waals surface area contributed by atoms with Crippen LogP contribution >= 0.6 is 0 Å². The molecule has 1 rings (SSSR count). The second kappa shape index (κ2) is 4.89. The van der Waals surface area contributed by atoms with Crippen molar-refractivity contribution in [1.29, 1.82) is 5.26 Å². The van der Waals surface area contributed by atoms with Crippen molar-refractivity contribution >= 4 is 11.6 Å². The minimum Gasteiger partial charge on any atom is -0.375 e. The summed E-state index contributed by atoms with van der Waals surface area (Å²) in [5, 5.41) is 12.3. The van der Waals surface area contributed by atoms with Gasteiger partial charge in [0.05, 0.1) is 18.3 Å². The standard InChI is InChI=1S/C10H15N3O2/c1-10(2)7-8(4-6-15-10)12-13-9(14)3-5-11/h3-4,6-7H2,1-2H3,(H,13,14)/b12-8-. The van der Waals surface area contributed by atoms with Crippen molar-refractivity contribution in [3.8, 4) is 6.07 Å². The first-order chi connectivity index (χ1) is 7.03. The van der Waals surface area contributed by atoms with Crippen molar-refractivity contribution < 1.29 is 9.53 Å². The summed E-state index contributed by atoms with van der Waals surface area (Å²) < 4.78 is 5.50. The monoisotopic (exact) mass is 209 g/mol. The maximum atomic E-state index is 11.0. The quantitative estimate of drug-likeness (QED) is 0.688. The van der Waals surface area contributed by atoms with Crippen molar-refractivity contribution in [2.75, 3.05) is 6.61 Å². The molecule has 5 heteroatoms. The van der Waals surface area contributed by atoms with Crippen molar-refractivity contribution in [3.63, 3.8) is 0 Å². The summed E-state index contributed by atoms with van der Waals surface area (Å²) in [6, 6.07) is 1.77. The first kappa shape index (κ1) is 11.7. The Kier molecular flexibility index (Phi) is 3.81. The van der Waals surface area contributed by atoms with E-state index in [1.807, 2.05) is 13.8 Å². The molecule has 5 nitrogen and oxygen atoms in total. The van der Waals surface area contributed by atoms with Gasteiger partial charge in [-0.2, -0.15) is 10.4 Å². The number of hydrogen-bond donors (Lipinski definition) is 1. The van der Waals surface area contributed by atoms with Gasteiger partial charge in [-0.1, -0.05) is 0 Å². The Morgan fingerprint density at radius 1 is 1.73 bits per heavy atom. The van der Waals surface area contributed by atoms with Crippen LogP contribution in [0, 0.1) is 11.3 Å². The molecule has 0 atom stereocenters. The maximum Gasteiger partial charge on any atom is 0.254 e. The summed E-state index contributed by atoms with van der Waals surface area (Å²) in [5.74, 6) is -0.366. The van der Waals surface area contributed by atoms with E-state index in [1.54, 1.807) is 6.07 Å². The van der Waals surface area contributed by atoms with Crippen LogP contribution in [-0.2, 0) is 9.53 Å². The topological polar surface area (TPSA) is 74.5 Å². The third-order valence-electron chi connectivity index (χ3n) is 2.09. The summed E-state index contributed by atoms with van der Waals surface area (Å²) >= 11 is 0. The summed E-state index contributed by atoms with van der Waals surface area (Å²) in [6.07, 6.45) is 1.28. The molecule has 1 aliphatic rings. The number of nitrogens with one attached hydrogen (secondary N) is 1. The lowest BCUT2D eigenvalue weighted by molar-refractivity contribution is -0.120. The van der Waals surface area contributed by atoms with Gasteiger partial charge < -0.3 is 4.74 Å². The molecule has 0 radical (unpaired) electrons. The normalized spacial score (nSPS) is 22.1. The number of carbonyl (C=O) groups is 1. The molecule has 1 amide bonds. The molecule has 0 aromatic carbocycles. The molecule has 82 valence electrons. The van der Waals surface area contributed by atoms with Gasteiger partial charge in [0.2, 0.25) is 0 Å². The zero-order valence-electron chi connectivity index (χ0n) is 9.04. The van der Waals surface area contributed by atoms with Crippen LogP contribution in [0.25, 0.3) is 0 Å². The van der Waals surface area contributed by atoms with Gasteiger partial charge in [0.25, 0.3) is 5.91 Å². The lowest BCUT2D eigenvalue weighted by atomic mass is 9.97. The Bertz CT molecular complexity index is 315. The predicted molar refractivity (Wildman–Crippen MR) is 55.1 cm³/mol. The Morgan fingerprint density at radius 3 is 3.07 bits per heavy atom. The van der Waals surface area contributed by atoms with E-state index >= 15 is 0 Å². The fraction of sp³-hybridized carbons (Fsp3) is 0.700. The molecule has 0 saturated carbocycles. The highest BCUT2D eigenvalue weighted by Gasteiger charge is 2.25. The van der Waals surface area contributed by atoms with Crippen LogP contribution < -0.4 is 5.43 Å². The van der Waals surface area contributed by atoms with Crippen molar-refractivity contribution in [2.24, 2.45) is 5.10 Å². The molecule has 0 aromatic rings. The van der Waals surface area contributed by atoms with Gasteiger partial charge in [0.15, 0.2) is 0 Å². The zero-order chi connectivity index (χ0) is 11.3. The van der Waals surface area contributed by atoms with Crippen LogP contribution in [0.2, 0.25) is 0 Å². The number of carbonyl (C=O) groups excluding carboxylic acids is 1. The highest BCUT2D eigenvalue weighted by molar-refractivity contribution is 5.87. The third-order valence-corrected chi connectivity index (χ3v) is 2.09. The number of hydrazone groups is 1. The van der Waals surface area contributed by atoms with Crippen molar-refractivity contribution in [3.05, 3.63) is 0 Å². The van der Waals surface area contributed by atoms with Gasteiger partial charge in [-0.25, -0.2) is 5.43 Å². The van der Waals surface area contributed by atoms with E-state index < -0.39 is 0 Å². The molecule has 0 aromatic heterocycles. The van der Waals surface area contributed by atoms with E-state index in [2.05, 4.69) is 10.5 Å². The number of hydrogen-bond acceptors (Lipinski definition) is 4. The number of nitriles is 1. The van der Waals surface area contributed by atoms with E-state index in [9.17, 15) is 4.79 Å². The number of ether oxygens (including phenoxy) is 1. The Balaban J connectivity index is 2.46. The van der Waals surface area contributed by atoms with Crippen LogP contribution in [0.3, 0.4) is 0 Å². The minimum absolute atomic E-state index is 0.156. The zero-order valence-corrected chi connectivity index (χ0v) is 9.04. The molecule has 15 heavy (non-hydrogen) atoms. The number of amides is 1. The largest absolute Gasteiger partial charge is 0.375 e. The van der Waals surface area contributed by atoms with Crippen LogP contribution in [0.1, 0.15) is 33.1 Å². The maximum absolute atomic E-state index is 11.0. The Morgan fingerprint density at radius 2 is 2.47 bits per heavy atom. The molecular formula is C10H15N3O2. The molecule has 1 fully saturated rings. The number of nitrogens with zero attached hydrogens (tertiary/aromatic N) is 2. The van der Waals surface area contributed by atoms with E-state index in [1.165, 1.54) is 0 Å². The molecule has 1 heterocycles. The average molecular weight is 209 g/mol. The third kappa shape index (κ3) is 4.09.